The molecule has 128 valence electrons. The molecule has 0 spiro atoms. The molecule has 3 heterocycles. The van der Waals surface area contributed by atoms with E-state index in [1.54, 1.807) is 6.20 Å². The SMILES string of the molecule is Nc1nc(Nc2ccc(N3CCCCC3)cc2)nn1-c1ccccn1. The van der Waals surface area contributed by atoms with Crippen molar-refractivity contribution in [2.75, 3.05) is 29.0 Å². The maximum atomic E-state index is 5.95. The van der Waals surface area contributed by atoms with Crippen molar-refractivity contribution in [1.29, 1.82) is 0 Å². The van der Waals surface area contributed by atoms with Gasteiger partial charge in [0.2, 0.25) is 11.9 Å². The van der Waals surface area contributed by atoms with E-state index < -0.39 is 0 Å². The largest absolute Gasteiger partial charge is 0.372 e. The number of nitrogens with two attached hydrogens (primary N) is 1. The number of hydrogen-bond donors (Lipinski definition) is 2. The summed E-state index contributed by atoms with van der Waals surface area (Å²) in [5.74, 6) is 1.39. The van der Waals surface area contributed by atoms with E-state index in [1.807, 2.05) is 30.3 Å². The van der Waals surface area contributed by atoms with E-state index in [0.717, 1.165) is 18.8 Å². The van der Waals surface area contributed by atoms with Gasteiger partial charge < -0.3 is 16.0 Å². The van der Waals surface area contributed by atoms with Gasteiger partial charge in [-0.15, -0.1) is 5.10 Å². The van der Waals surface area contributed by atoms with Crippen LogP contribution in [0.1, 0.15) is 19.3 Å². The Morgan fingerprint density at radius 2 is 1.76 bits per heavy atom. The second-order valence-electron chi connectivity index (χ2n) is 6.11. The molecule has 25 heavy (non-hydrogen) atoms. The maximum Gasteiger partial charge on any atom is 0.248 e. The van der Waals surface area contributed by atoms with Crippen LogP contribution >= 0.6 is 0 Å². The molecule has 0 atom stereocenters. The molecule has 0 radical (unpaired) electrons. The molecule has 1 aromatic carbocycles. The minimum atomic E-state index is 0.297. The van der Waals surface area contributed by atoms with Gasteiger partial charge in [-0.1, -0.05) is 6.07 Å². The lowest BCUT2D eigenvalue weighted by molar-refractivity contribution is 0.578. The van der Waals surface area contributed by atoms with Crippen LogP contribution < -0.4 is 16.0 Å². The average molecular weight is 335 g/mol. The van der Waals surface area contributed by atoms with Crippen LogP contribution in [0.4, 0.5) is 23.3 Å². The standard InChI is InChI=1S/C18H21N7/c19-17-22-18(23-25(17)16-6-2-3-11-20-16)21-14-7-9-15(10-8-14)24-12-4-1-5-13-24/h2-3,6-11H,1,4-5,12-13H2,(H3,19,21,22,23). The van der Waals surface area contributed by atoms with Gasteiger partial charge in [-0.05, 0) is 55.7 Å². The van der Waals surface area contributed by atoms with Crippen molar-refractivity contribution in [3.05, 3.63) is 48.7 Å². The minimum absolute atomic E-state index is 0.297. The number of benzene rings is 1. The molecule has 3 aromatic rings. The van der Waals surface area contributed by atoms with Crippen LogP contribution in [0.2, 0.25) is 0 Å². The first kappa shape index (κ1) is 15.4. The number of rotatable bonds is 4. The maximum absolute atomic E-state index is 5.95. The van der Waals surface area contributed by atoms with Crippen molar-refractivity contribution in [2.45, 2.75) is 19.3 Å². The van der Waals surface area contributed by atoms with Gasteiger partial charge in [0.05, 0.1) is 0 Å². The number of nitrogens with one attached hydrogen (secondary N) is 1. The van der Waals surface area contributed by atoms with Crippen molar-refractivity contribution in [3.8, 4) is 5.82 Å². The van der Waals surface area contributed by atoms with Crippen molar-refractivity contribution in [3.63, 3.8) is 0 Å². The fourth-order valence-corrected chi connectivity index (χ4v) is 3.06. The van der Waals surface area contributed by atoms with Crippen molar-refractivity contribution in [1.82, 2.24) is 19.7 Å². The Bertz CT molecular complexity index is 820. The van der Waals surface area contributed by atoms with Crippen LogP contribution in [0.15, 0.2) is 48.7 Å². The second kappa shape index (κ2) is 6.80. The van der Waals surface area contributed by atoms with Gasteiger partial charge in [0.15, 0.2) is 5.82 Å². The van der Waals surface area contributed by atoms with Crippen molar-refractivity contribution < 1.29 is 0 Å². The molecular weight excluding hydrogens is 314 g/mol. The lowest BCUT2D eigenvalue weighted by atomic mass is 10.1. The predicted molar refractivity (Wildman–Crippen MR) is 99.4 cm³/mol. The van der Waals surface area contributed by atoms with Crippen LogP contribution in [0.25, 0.3) is 5.82 Å². The smallest absolute Gasteiger partial charge is 0.248 e. The van der Waals surface area contributed by atoms with E-state index >= 15 is 0 Å². The topological polar surface area (TPSA) is 84.9 Å². The summed E-state index contributed by atoms with van der Waals surface area (Å²) in [4.78, 5) is 10.9. The first-order valence-electron chi connectivity index (χ1n) is 8.55. The highest BCUT2D eigenvalue weighted by atomic mass is 15.4. The fraction of sp³-hybridized carbons (Fsp3) is 0.278. The van der Waals surface area contributed by atoms with Gasteiger partial charge >= 0.3 is 0 Å². The number of pyridine rings is 1. The van der Waals surface area contributed by atoms with Crippen molar-refractivity contribution >= 4 is 23.3 Å². The van der Waals surface area contributed by atoms with E-state index in [4.69, 9.17) is 5.73 Å². The van der Waals surface area contributed by atoms with E-state index in [9.17, 15) is 0 Å². The third kappa shape index (κ3) is 3.40. The number of anilines is 4. The van der Waals surface area contributed by atoms with Gasteiger partial charge in [-0.3, -0.25) is 0 Å². The normalized spacial score (nSPS) is 14.5. The molecule has 0 saturated carbocycles. The predicted octanol–water partition coefficient (Wildman–Crippen LogP) is 2.98. The van der Waals surface area contributed by atoms with Crippen LogP contribution in [-0.4, -0.2) is 32.8 Å². The first-order chi connectivity index (χ1) is 12.3. The Labute approximate surface area is 146 Å². The van der Waals surface area contributed by atoms with Gasteiger partial charge in [0.1, 0.15) is 0 Å². The Morgan fingerprint density at radius 3 is 2.48 bits per heavy atom. The average Bonchev–Trinajstić information content (AvgIpc) is 3.04. The quantitative estimate of drug-likeness (QED) is 0.762. The van der Waals surface area contributed by atoms with Gasteiger partial charge in [-0.2, -0.15) is 9.67 Å². The molecule has 1 fully saturated rings. The zero-order chi connectivity index (χ0) is 17.1. The molecule has 0 unspecified atom stereocenters. The lowest BCUT2D eigenvalue weighted by Crippen LogP contribution is -2.29. The fourth-order valence-electron chi connectivity index (χ4n) is 3.06. The Kier molecular flexibility index (Phi) is 4.20. The van der Waals surface area contributed by atoms with E-state index in [1.165, 1.54) is 29.6 Å². The highest BCUT2D eigenvalue weighted by molar-refractivity contribution is 5.60. The summed E-state index contributed by atoms with van der Waals surface area (Å²) >= 11 is 0. The molecule has 7 heteroatoms. The van der Waals surface area contributed by atoms with Crippen molar-refractivity contribution in [2.24, 2.45) is 0 Å². The van der Waals surface area contributed by atoms with Gasteiger partial charge in [0, 0.05) is 30.7 Å². The Hall–Kier alpha value is -3.09. The second-order valence-corrected chi connectivity index (χ2v) is 6.11. The first-order valence-corrected chi connectivity index (χ1v) is 8.55. The van der Waals surface area contributed by atoms with E-state index in [-0.39, 0.29) is 0 Å². The highest BCUT2D eigenvalue weighted by Crippen LogP contribution is 2.23. The van der Waals surface area contributed by atoms with Crippen LogP contribution in [0.3, 0.4) is 0 Å². The summed E-state index contributed by atoms with van der Waals surface area (Å²) in [7, 11) is 0. The molecule has 2 aromatic heterocycles. The summed E-state index contributed by atoms with van der Waals surface area (Å²) in [6.45, 7) is 2.28. The van der Waals surface area contributed by atoms with Crippen LogP contribution in [0.5, 0.6) is 0 Å². The Balaban J connectivity index is 1.49. The highest BCUT2D eigenvalue weighted by Gasteiger charge is 2.12. The molecular formula is C18H21N7. The number of aromatic nitrogens is 4. The number of piperidine rings is 1. The summed E-state index contributed by atoms with van der Waals surface area (Å²) < 4.78 is 1.52. The molecule has 0 bridgehead atoms. The van der Waals surface area contributed by atoms with Crippen LogP contribution in [-0.2, 0) is 0 Å². The molecule has 1 aliphatic heterocycles. The summed E-state index contributed by atoms with van der Waals surface area (Å²) in [5.41, 5.74) is 8.14. The zero-order valence-corrected chi connectivity index (χ0v) is 14.0. The molecule has 1 saturated heterocycles. The Morgan fingerprint density at radius 1 is 0.960 bits per heavy atom. The third-order valence-corrected chi connectivity index (χ3v) is 4.34. The minimum Gasteiger partial charge on any atom is -0.372 e. The molecule has 0 amide bonds. The lowest BCUT2D eigenvalue weighted by Gasteiger charge is -2.28. The molecule has 4 rings (SSSR count). The number of hydrogen-bond acceptors (Lipinski definition) is 6. The van der Waals surface area contributed by atoms with E-state index in [2.05, 4.69) is 37.4 Å². The third-order valence-electron chi connectivity index (χ3n) is 4.34. The zero-order valence-electron chi connectivity index (χ0n) is 14.0. The molecule has 1 aliphatic rings. The summed E-state index contributed by atoms with van der Waals surface area (Å²) in [5, 5.41) is 7.58. The number of nitrogens with zero attached hydrogens (tertiary/aromatic N) is 5. The monoisotopic (exact) mass is 335 g/mol. The van der Waals surface area contributed by atoms with Gasteiger partial charge in [0.25, 0.3) is 0 Å². The molecule has 7 nitrogen and oxygen atoms in total. The number of nitrogen functional groups attached to an aromatic ring is 1. The van der Waals surface area contributed by atoms with Gasteiger partial charge in [-0.25, -0.2) is 4.98 Å². The summed E-state index contributed by atoms with van der Waals surface area (Å²) in [6.07, 6.45) is 5.58. The van der Waals surface area contributed by atoms with Crippen LogP contribution in [0, 0.1) is 0 Å². The molecule has 3 N–H and O–H groups in total. The molecule has 0 aliphatic carbocycles. The van der Waals surface area contributed by atoms with E-state index in [0.29, 0.717) is 17.7 Å². The summed E-state index contributed by atoms with van der Waals surface area (Å²) in [6, 6.07) is 13.9.